The van der Waals surface area contributed by atoms with Gasteiger partial charge in [0.2, 0.25) is 5.91 Å². The van der Waals surface area contributed by atoms with Crippen LogP contribution in [0.2, 0.25) is 0 Å². The Hall–Kier alpha value is -1.59. The highest BCUT2D eigenvalue weighted by atomic mass is 16.7. The van der Waals surface area contributed by atoms with Crippen molar-refractivity contribution in [2.24, 2.45) is 0 Å². The van der Waals surface area contributed by atoms with Crippen molar-refractivity contribution in [1.29, 1.82) is 0 Å². The van der Waals surface area contributed by atoms with Crippen LogP contribution in [0.5, 0.6) is 0 Å². The Morgan fingerprint density at radius 3 is 1.56 bits per heavy atom. The van der Waals surface area contributed by atoms with Gasteiger partial charge in [-0.2, -0.15) is 0 Å². The first-order valence-electron chi connectivity index (χ1n) is 22.2. The van der Waals surface area contributed by atoms with Gasteiger partial charge in [-0.25, -0.2) is 0 Å². The Kier molecular flexibility index (Phi) is 33.4. The van der Waals surface area contributed by atoms with Crippen LogP contribution in [0.1, 0.15) is 187 Å². The van der Waals surface area contributed by atoms with Gasteiger partial charge in [-0.15, -0.1) is 0 Å². The number of nitrogens with one attached hydrogen (secondary N) is 1. The lowest BCUT2D eigenvalue weighted by Crippen LogP contribution is -2.60. The van der Waals surface area contributed by atoms with Gasteiger partial charge >= 0.3 is 0 Å². The molecule has 1 amide bonds. The van der Waals surface area contributed by atoms with Gasteiger partial charge < -0.3 is 40.3 Å². The molecule has 1 saturated heterocycles. The van der Waals surface area contributed by atoms with E-state index < -0.39 is 49.5 Å². The molecule has 1 rings (SSSR count). The minimum atomic E-state index is -1.57. The fourth-order valence-electron chi connectivity index (χ4n) is 6.83. The standard InChI is InChI=1S/C45H83NO8/c1-3-5-7-9-11-12-13-14-15-16-17-18-19-20-21-22-23-24-25-26-27-28-29-30-32-34-39(48)38(46-41(49)35-33-31-10-8-6-4-2)37-53-45-44(52)43(51)42(50)40(36-47)54-45/h23-24,27-28,32,34,38-40,42-45,47-48,50-52H,3-22,25-26,29-31,33,35-37H2,1-2H3,(H,46,49)/b24-23+,28-27+,34-32+. The molecule has 0 aromatic heterocycles. The largest absolute Gasteiger partial charge is 0.394 e. The van der Waals surface area contributed by atoms with Crippen molar-refractivity contribution in [3.05, 3.63) is 36.5 Å². The summed E-state index contributed by atoms with van der Waals surface area (Å²) >= 11 is 0. The van der Waals surface area contributed by atoms with Crippen LogP contribution in [0.15, 0.2) is 36.5 Å². The molecule has 316 valence electrons. The highest BCUT2D eigenvalue weighted by Gasteiger charge is 2.44. The van der Waals surface area contributed by atoms with Crippen molar-refractivity contribution in [3.63, 3.8) is 0 Å². The molecule has 1 aliphatic heterocycles. The van der Waals surface area contributed by atoms with Gasteiger partial charge in [0.05, 0.1) is 25.4 Å². The molecule has 0 radical (unpaired) electrons. The molecule has 9 heteroatoms. The van der Waals surface area contributed by atoms with Gasteiger partial charge in [0.15, 0.2) is 6.29 Å². The quantitative estimate of drug-likeness (QED) is 0.0274. The van der Waals surface area contributed by atoms with Crippen molar-refractivity contribution < 1.29 is 39.8 Å². The summed E-state index contributed by atoms with van der Waals surface area (Å²) in [4.78, 5) is 12.7. The second kappa shape index (κ2) is 35.8. The zero-order chi connectivity index (χ0) is 39.5. The maximum Gasteiger partial charge on any atom is 0.220 e. The molecule has 54 heavy (non-hydrogen) atoms. The van der Waals surface area contributed by atoms with Crippen LogP contribution in [0, 0.1) is 0 Å². The first-order valence-corrected chi connectivity index (χ1v) is 22.2. The Labute approximate surface area is 330 Å². The normalized spacial score (nSPS) is 21.8. The van der Waals surface area contributed by atoms with Crippen LogP contribution in [0.3, 0.4) is 0 Å². The van der Waals surface area contributed by atoms with Crippen LogP contribution in [0.4, 0.5) is 0 Å². The van der Waals surface area contributed by atoms with E-state index in [-0.39, 0.29) is 12.5 Å². The van der Waals surface area contributed by atoms with Gasteiger partial charge in [-0.05, 0) is 44.9 Å². The number of amides is 1. The van der Waals surface area contributed by atoms with E-state index in [0.717, 1.165) is 57.8 Å². The molecular weight excluding hydrogens is 682 g/mol. The zero-order valence-electron chi connectivity index (χ0n) is 34.5. The highest BCUT2D eigenvalue weighted by Crippen LogP contribution is 2.22. The summed E-state index contributed by atoms with van der Waals surface area (Å²) in [6.07, 6.45) is 36.7. The highest BCUT2D eigenvalue weighted by molar-refractivity contribution is 5.76. The van der Waals surface area contributed by atoms with E-state index in [1.807, 2.05) is 6.08 Å². The number of carbonyl (C=O) groups is 1. The Balaban J connectivity index is 2.27. The van der Waals surface area contributed by atoms with Crippen molar-refractivity contribution in [2.45, 2.75) is 230 Å². The molecule has 0 aromatic carbocycles. The molecule has 0 aromatic rings. The second-order valence-electron chi connectivity index (χ2n) is 15.5. The van der Waals surface area contributed by atoms with Crippen LogP contribution < -0.4 is 5.32 Å². The number of aliphatic hydroxyl groups is 5. The first-order chi connectivity index (χ1) is 26.3. The maximum absolute atomic E-state index is 12.7. The van der Waals surface area contributed by atoms with E-state index in [2.05, 4.69) is 43.5 Å². The van der Waals surface area contributed by atoms with Crippen LogP contribution in [0.25, 0.3) is 0 Å². The topological polar surface area (TPSA) is 149 Å². The van der Waals surface area contributed by atoms with E-state index in [9.17, 15) is 30.3 Å². The SMILES string of the molecule is CCCCCCCCCCCCCCCCC/C=C/CC/C=C/CC/C=C/C(O)C(COC1OC(CO)C(O)C(O)C1O)NC(=O)CCCCCCCC. The molecular formula is C45H83NO8. The van der Waals surface area contributed by atoms with Crippen molar-refractivity contribution in [2.75, 3.05) is 13.2 Å². The predicted octanol–water partition coefficient (Wildman–Crippen LogP) is 8.89. The third-order valence-electron chi connectivity index (χ3n) is 10.4. The molecule has 7 unspecified atom stereocenters. The third kappa shape index (κ3) is 26.3. The third-order valence-corrected chi connectivity index (χ3v) is 10.4. The summed E-state index contributed by atoms with van der Waals surface area (Å²) in [7, 11) is 0. The smallest absolute Gasteiger partial charge is 0.220 e. The van der Waals surface area contributed by atoms with Crippen LogP contribution in [-0.4, -0.2) is 87.5 Å². The second-order valence-corrected chi connectivity index (χ2v) is 15.5. The average Bonchev–Trinajstić information content (AvgIpc) is 3.17. The zero-order valence-corrected chi connectivity index (χ0v) is 34.5. The van der Waals surface area contributed by atoms with Crippen LogP contribution >= 0.6 is 0 Å². The number of ether oxygens (including phenoxy) is 2. The predicted molar refractivity (Wildman–Crippen MR) is 221 cm³/mol. The minimum absolute atomic E-state index is 0.202. The number of aliphatic hydroxyl groups excluding tert-OH is 5. The molecule has 9 nitrogen and oxygen atoms in total. The summed E-state index contributed by atoms with van der Waals surface area (Å²) in [6.45, 7) is 3.67. The van der Waals surface area contributed by atoms with Crippen molar-refractivity contribution in [1.82, 2.24) is 5.32 Å². The van der Waals surface area contributed by atoms with Gasteiger partial charge in [0, 0.05) is 6.42 Å². The van der Waals surface area contributed by atoms with Gasteiger partial charge in [0.1, 0.15) is 24.4 Å². The first kappa shape index (κ1) is 50.4. The van der Waals surface area contributed by atoms with Gasteiger partial charge in [-0.1, -0.05) is 172 Å². The van der Waals surface area contributed by atoms with Crippen molar-refractivity contribution in [3.8, 4) is 0 Å². The summed E-state index contributed by atoms with van der Waals surface area (Å²) in [5, 5.41) is 53.8. The number of rotatable bonds is 36. The minimum Gasteiger partial charge on any atom is -0.394 e. The summed E-state index contributed by atoms with van der Waals surface area (Å²) in [6, 6.07) is -0.821. The molecule has 1 aliphatic rings. The maximum atomic E-state index is 12.7. The molecule has 6 N–H and O–H groups in total. The van der Waals surface area contributed by atoms with E-state index >= 15 is 0 Å². The fraction of sp³-hybridized carbons (Fsp3) is 0.844. The number of allylic oxidation sites excluding steroid dienone is 5. The fourth-order valence-corrected chi connectivity index (χ4v) is 6.83. The van der Waals surface area contributed by atoms with E-state index in [4.69, 9.17) is 9.47 Å². The number of unbranched alkanes of at least 4 members (excludes halogenated alkanes) is 22. The molecule has 0 saturated carbocycles. The monoisotopic (exact) mass is 766 g/mol. The molecule has 1 fully saturated rings. The van der Waals surface area contributed by atoms with E-state index in [1.165, 1.54) is 109 Å². The lowest BCUT2D eigenvalue weighted by atomic mass is 9.99. The Morgan fingerprint density at radius 2 is 1.06 bits per heavy atom. The summed E-state index contributed by atoms with van der Waals surface area (Å²) < 4.78 is 11.1. The molecule has 1 heterocycles. The molecule has 7 atom stereocenters. The molecule has 0 spiro atoms. The summed E-state index contributed by atoms with van der Waals surface area (Å²) in [5.41, 5.74) is 0. The Morgan fingerprint density at radius 1 is 0.611 bits per heavy atom. The number of hydrogen-bond acceptors (Lipinski definition) is 8. The molecule has 0 aliphatic carbocycles. The van der Waals surface area contributed by atoms with Crippen molar-refractivity contribution >= 4 is 5.91 Å². The van der Waals surface area contributed by atoms with Crippen LogP contribution in [-0.2, 0) is 14.3 Å². The van der Waals surface area contributed by atoms with E-state index in [0.29, 0.717) is 6.42 Å². The van der Waals surface area contributed by atoms with Gasteiger partial charge in [0.25, 0.3) is 0 Å². The Bertz CT molecular complexity index is 941. The number of carbonyl (C=O) groups excluding carboxylic acids is 1. The summed E-state index contributed by atoms with van der Waals surface area (Å²) in [5.74, 6) is -0.202. The van der Waals surface area contributed by atoms with Gasteiger partial charge in [-0.3, -0.25) is 4.79 Å². The number of hydrogen-bond donors (Lipinski definition) is 6. The molecule has 0 bridgehead atoms. The lowest BCUT2D eigenvalue weighted by molar-refractivity contribution is -0.302. The van der Waals surface area contributed by atoms with E-state index in [1.54, 1.807) is 6.08 Å². The lowest BCUT2D eigenvalue weighted by Gasteiger charge is -2.40. The average molecular weight is 766 g/mol.